The SMILES string of the molecule is CC(C)c1ccc(C#CC2=CC=C(C#Cc3ccc(C(C)C)cc3C#C[Si](C(C)C)(C(C)C)C(C)C)C2C#Cc2c(C#C[Si](C(C)C)(C(C)C)C(C)C)cc(C(C)C)cc2C#C[Si](C(C)C)(C(C)C)C(C)C)c(C#C[Si](C(C)C)(C(C)C)C(C)C)c1. The topological polar surface area (TPSA) is 0 Å². The van der Waals surface area contributed by atoms with Gasteiger partial charge in [-0.2, -0.15) is 0 Å². The Hall–Kier alpha value is -5.07. The van der Waals surface area contributed by atoms with Crippen LogP contribution >= 0.6 is 0 Å². The summed E-state index contributed by atoms with van der Waals surface area (Å²) in [7, 11) is -8.38. The fourth-order valence-electron chi connectivity index (χ4n) is 15.4. The molecule has 0 atom stereocenters. The third-order valence-corrected chi connectivity index (χ3v) is 45.6. The Morgan fingerprint density at radius 3 is 0.744 bits per heavy atom. The van der Waals surface area contributed by atoms with Gasteiger partial charge in [-0.1, -0.05) is 279 Å². The molecule has 0 fully saturated rings. The second-order valence-corrected chi connectivity index (χ2v) is 52.4. The number of hydrogen-bond donors (Lipinski definition) is 0. The molecule has 0 amide bonds. The van der Waals surface area contributed by atoms with Crippen LogP contribution in [0, 0.1) is 87.3 Å². The molecule has 1 aliphatic rings. The van der Waals surface area contributed by atoms with E-state index >= 15 is 0 Å². The molecule has 0 radical (unpaired) electrons. The van der Waals surface area contributed by atoms with Crippen LogP contribution in [-0.2, 0) is 0 Å². The first-order valence-electron chi connectivity index (χ1n) is 33.6. The summed E-state index contributed by atoms with van der Waals surface area (Å²) in [5.74, 6) is 39.0. The molecule has 3 aromatic rings. The van der Waals surface area contributed by atoms with Gasteiger partial charge in [0.25, 0.3) is 0 Å². The Balaban J connectivity index is 2.26. The Labute approximate surface area is 535 Å². The van der Waals surface area contributed by atoms with Crippen LogP contribution in [0.1, 0.15) is 281 Å². The van der Waals surface area contributed by atoms with E-state index in [4.69, 9.17) is 0 Å². The Bertz CT molecular complexity index is 3100. The van der Waals surface area contributed by atoms with Crippen molar-refractivity contribution in [2.24, 2.45) is 5.92 Å². The normalized spacial score (nSPS) is 13.3. The minimum Gasteiger partial charge on any atom is -0.125 e. The average molecular weight is 1210 g/mol. The molecule has 86 heavy (non-hydrogen) atoms. The lowest BCUT2D eigenvalue weighted by molar-refractivity contribution is 0.838. The monoisotopic (exact) mass is 1210 g/mol. The van der Waals surface area contributed by atoms with Crippen LogP contribution in [0.2, 0.25) is 66.5 Å². The largest absolute Gasteiger partial charge is 0.146 e. The molecule has 0 N–H and O–H groups in total. The summed E-state index contributed by atoms with van der Waals surface area (Å²) >= 11 is 0. The van der Waals surface area contributed by atoms with E-state index in [-0.39, 0.29) is 5.92 Å². The molecule has 0 aliphatic heterocycles. The van der Waals surface area contributed by atoms with Crippen LogP contribution in [0.25, 0.3) is 0 Å². The summed E-state index contributed by atoms with van der Waals surface area (Å²) < 4.78 is 0. The minimum atomic E-state index is -2.15. The van der Waals surface area contributed by atoms with Crippen molar-refractivity contribution in [1.29, 1.82) is 0 Å². The van der Waals surface area contributed by atoms with Crippen LogP contribution < -0.4 is 0 Å². The van der Waals surface area contributed by atoms with E-state index in [2.05, 4.69) is 350 Å². The lowest BCUT2D eigenvalue weighted by Crippen LogP contribution is -2.43. The summed E-state index contributed by atoms with van der Waals surface area (Å²) in [5, 5.41) is 0. The highest BCUT2D eigenvalue weighted by atomic mass is 28.3. The van der Waals surface area contributed by atoms with E-state index in [9.17, 15) is 0 Å². The molecule has 4 heteroatoms. The average Bonchev–Trinajstić information content (AvgIpc) is 1.49. The molecule has 4 rings (SSSR count). The third-order valence-electron chi connectivity index (χ3n) is 20.5. The lowest BCUT2D eigenvalue weighted by Gasteiger charge is -2.38. The summed E-state index contributed by atoms with van der Waals surface area (Å²) in [5.41, 5.74) is 34.9. The number of rotatable bonds is 15. The van der Waals surface area contributed by atoms with Crippen molar-refractivity contribution in [3.05, 3.63) is 127 Å². The quantitative estimate of drug-likeness (QED) is 0.105. The highest BCUT2D eigenvalue weighted by Gasteiger charge is 2.45. The highest BCUT2D eigenvalue weighted by molar-refractivity contribution is 6.92. The Kier molecular flexibility index (Phi) is 26.4. The van der Waals surface area contributed by atoms with Gasteiger partial charge in [-0.25, -0.2) is 0 Å². The van der Waals surface area contributed by atoms with Crippen molar-refractivity contribution in [3.8, 4) is 81.4 Å². The zero-order valence-corrected chi connectivity index (χ0v) is 64.0. The molecule has 0 aromatic heterocycles. The van der Waals surface area contributed by atoms with Crippen molar-refractivity contribution in [1.82, 2.24) is 0 Å². The predicted octanol–water partition coefficient (Wildman–Crippen LogP) is 23.3. The first-order chi connectivity index (χ1) is 40.0. The van der Waals surface area contributed by atoms with Gasteiger partial charge in [0.15, 0.2) is 0 Å². The standard InChI is InChI=1S/C82H116Si4/c1-55(2)74-39-33-70(76(51-74)43-47-83(58(7)8,59(9)10)60(11)12)31-35-72-37-38-73(36-32-71-34-40-75(56(3)4)52-77(71)44-48-84(61(13)14,62(15)16)63(17)18)81(72)41-42-82-78(45-49-85(64(19)20,65(21)22)66(23)24)53-80(57(5)6)54-79(82)46-50-86(67(25)26,68(27)28)69(29)30/h33-34,37-40,51-69,81H,1-30H3. The van der Waals surface area contributed by atoms with Crippen molar-refractivity contribution >= 4 is 32.3 Å². The number of allylic oxidation sites excluding steroid dienone is 4. The molecule has 1 aliphatic carbocycles. The maximum Gasteiger partial charge on any atom is 0.146 e. The third kappa shape index (κ3) is 16.0. The second kappa shape index (κ2) is 30.9. The molecular weight excluding hydrogens is 1100 g/mol. The fourth-order valence-corrected chi connectivity index (χ4v) is 36.2. The van der Waals surface area contributed by atoms with E-state index in [1.807, 2.05) is 0 Å². The van der Waals surface area contributed by atoms with Crippen molar-refractivity contribution in [2.45, 2.75) is 292 Å². The lowest BCUT2D eigenvalue weighted by atomic mass is 9.91. The Morgan fingerprint density at radius 2 is 0.500 bits per heavy atom. The molecule has 0 unspecified atom stereocenters. The fraction of sp³-hybridized carbons (Fsp3) is 0.561. The molecule has 0 spiro atoms. The first kappa shape index (κ1) is 73.4. The molecule has 0 bridgehead atoms. The van der Waals surface area contributed by atoms with Gasteiger partial charge < -0.3 is 0 Å². The maximum absolute atomic E-state index is 4.14. The van der Waals surface area contributed by atoms with E-state index in [1.165, 1.54) is 16.7 Å². The van der Waals surface area contributed by atoms with Crippen molar-refractivity contribution in [2.75, 3.05) is 0 Å². The zero-order chi connectivity index (χ0) is 65.1. The van der Waals surface area contributed by atoms with E-state index in [0.717, 1.165) is 50.1 Å². The molecule has 0 heterocycles. The van der Waals surface area contributed by atoms with E-state index in [1.54, 1.807) is 0 Å². The van der Waals surface area contributed by atoms with Crippen LogP contribution in [0.4, 0.5) is 0 Å². The van der Waals surface area contributed by atoms with Gasteiger partial charge >= 0.3 is 0 Å². The summed E-state index contributed by atoms with van der Waals surface area (Å²) in [4.78, 5) is 0. The minimum absolute atomic E-state index is 0.278. The molecular formula is C82H116Si4. The molecule has 0 nitrogen and oxygen atoms in total. The summed E-state index contributed by atoms with van der Waals surface area (Å²) in [6.45, 7) is 71.1. The summed E-state index contributed by atoms with van der Waals surface area (Å²) in [6.07, 6.45) is 4.33. The number of hydrogen-bond acceptors (Lipinski definition) is 0. The summed E-state index contributed by atoms with van der Waals surface area (Å²) in [6, 6.07) is 18.2. The van der Waals surface area contributed by atoms with Gasteiger partial charge in [0.2, 0.25) is 0 Å². The predicted molar refractivity (Wildman–Crippen MR) is 394 cm³/mol. The van der Waals surface area contributed by atoms with Crippen LogP contribution in [0.5, 0.6) is 0 Å². The van der Waals surface area contributed by atoms with E-state index < -0.39 is 38.2 Å². The molecule has 0 saturated carbocycles. The molecule has 3 aromatic carbocycles. The van der Waals surface area contributed by atoms with Gasteiger partial charge in [0.05, 0.1) is 11.5 Å². The highest BCUT2D eigenvalue weighted by Crippen LogP contribution is 2.45. The molecule has 460 valence electrons. The van der Waals surface area contributed by atoms with Gasteiger partial charge in [-0.15, -0.1) is 22.2 Å². The zero-order valence-electron chi connectivity index (χ0n) is 60.0. The first-order valence-corrected chi connectivity index (χ1v) is 42.5. The van der Waals surface area contributed by atoms with Crippen LogP contribution in [0.15, 0.2) is 71.8 Å². The van der Waals surface area contributed by atoms with Gasteiger partial charge in [-0.05, 0) is 149 Å². The van der Waals surface area contributed by atoms with Gasteiger partial charge in [-0.3, -0.25) is 0 Å². The van der Waals surface area contributed by atoms with Crippen LogP contribution in [0.3, 0.4) is 0 Å². The smallest absolute Gasteiger partial charge is 0.125 e. The Morgan fingerprint density at radius 1 is 0.256 bits per heavy atom. The number of benzene rings is 3. The van der Waals surface area contributed by atoms with Crippen molar-refractivity contribution < 1.29 is 0 Å². The van der Waals surface area contributed by atoms with Crippen LogP contribution in [-0.4, -0.2) is 32.3 Å². The van der Waals surface area contributed by atoms with E-state index in [0.29, 0.717) is 78.3 Å². The van der Waals surface area contributed by atoms with Gasteiger partial charge in [0, 0.05) is 44.5 Å². The maximum atomic E-state index is 4.14. The second-order valence-electron chi connectivity index (χ2n) is 30.1. The van der Waals surface area contributed by atoms with Gasteiger partial charge in [0.1, 0.15) is 32.3 Å². The molecule has 0 saturated heterocycles. The van der Waals surface area contributed by atoms with Crippen molar-refractivity contribution in [3.63, 3.8) is 0 Å².